The number of nitriles is 1. The van der Waals surface area contributed by atoms with Crippen LogP contribution in [-0.2, 0) is 0 Å². The van der Waals surface area contributed by atoms with Crippen LogP contribution in [0.25, 0.3) is 10.9 Å². The van der Waals surface area contributed by atoms with Gasteiger partial charge in [-0.25, -0.2) is 9.97 Å². The second-order valence-electron chi connectivity index (χ2n) is 6.27. The van der Waals surface area contributed by atoms with E-state index in [1.54, 1.807) is 12.3 Å². The number of hydrogen-bond donors (Lipinski definition) is 0. The molecule has 0 saturated carbocycles. The number of anilines is 2. The zero-order valence-corrected chi connectivity index (χ0v) is 14.2. The first-order chi connectivity index (χ1) is 12.3. The average molecular weight is 329 g/mol. The van der Waals surface area contributed by atoms with Crippen molar-refractivity contribution in [1.29, 1.82) is 5.26 Å². The van der Waals surface area contributed by atoms with Crippen LogP contribution in [0.3, 0.4) is 0 Å². The molecule has 1 aliphatic rings. The molecule has 0 atom stereocenters. The average Bonchev–Trinajstić information content (AvgIpc) is 2.68. The van der Waals surface area contributed by atoms with E-state index in [-0.39, 0.29) is 0 Å². The number of piperazine rings is 1. The molecule has 0 amide bonds. The van der Waals surface area contributed by atoms with Gasteiger partial charge in [0, 0.05) is 37.8 Å². The Morgan fingerprint density at radius 3 is 2.56 bits per heavy atom. The largest absolute Gasteiger partial charge is 0.353 e. The quantitative estimate of drug-likeness (QED) is 0.723. The predicted molar refractivity (Wildman–Crippen MR) is 99.9 cm³/mol. The minimum atomic E-state index is 0.635. The second-order valence-corrected chi connectivity index (χ2v) is 6.27. The molecule has 0 bridgehead atoms. The molecule has 0 N–H and O–H groups in total. The molecule has 0 aliphatic carbocycles. The number of para-hydroxylation sites is 1. The third-order valence-corrected chi connectivity index (χ3v) is 4.72. The summed E-state index contributed by atoms with van der Waals surface area (Å²) in [6, 6.07) is 16.3. The van der Waals surface area contributed by atoms with Crippen LogP contribution in [0.1, 0.15) is 11.1 Å². The molecule has 1 aliphatic heterocycles. The third kappa shape index (κ3) is 2.87. The lowest BCUT2D eigenvalue weighted by molar-refractivity contribution is 0.642. The predicted octanol–water partition coefficient (Wildman–Crippen LogP) is 3.14. The first-order valence-electron chi connectivity index (χ1n) is 8.47. The van der Waals surface area contributed by atoms with Crippen molar-refractivity contribution in [2.45, 2.75) is 6.92 Å². The summed E-state index contributed by atoms with van der Waals surface area (Å²) in [6.07, 6.45) is 1.75. The van der Waals surface area contributed by atoms with E-state index >= 15 is 0 Å². The Kier molecular flexibility index (Phi) is 3.95. The molecule has 5 nitrogen and oxygen atoms in total. The monoisotopic (exact) mass is 329 g/mol. The molecule has 4 rings (SSSR count). The van der Waals surface area contributed by atoms with Crippen molar-refractivity contribution >= 4 is 22.5 Å². The maximum atomic E-state index is 9.27. The highest BCUT2D eigenvalue weighted by Crippen LogP contribution is 2.24. The van der Waals surface area contributed by atoms with Crippen LogP contribution >= 0.6 is 0 Å². The van der Waals surface area contributed by atoms with Crippen molar-refractivity contribution in [1.82, 2.24) is 9.97 Å². The first-order valence-corrected chi connectivity index (χ1v) is 8.47. The van der Waals surface area contributed by atoms with Crippen molar-refractivity contribution in [2.24, 2.45) is 0 Å². The number of benzene rings is 1. The molecule has 3 aromatic rings. The molecule has 124 valence electrons. The van der Waals surface area contributed by atoms with E-state index in [0.29, 0.717) is 5.56 Å². The maximum absolute atomic E-state index is 9.27. The molecular weight excluding hydrogens is 310 g/mol. The SMILES string of the molecule is Cc1cc(N2CCN(c3ncccc3C#N)CC2)nc2ccccc12. The third-order valence-electron chi connectivity index (χ3n) is 4.72. The number of fused-ring (bicyclic) bond motifs is 1. The van der Waals surface area contributed by atoms with Gasteiger partial charge in [0.05, 0.1) is 11.1 Å². The fraction of sp³-hybridized carbons (Fsp3) is 0.250. The van der Waals surface area contributed by atoms with Crippen LogP contribution in [0.15, 0.2) is 48.7 Å². The second kappa shape index (κ2) is 6.40. The lowest BCUT2D eigenvalue weighted by Crippen LogP contribution is -2.47. The fourth-order valence-corrected chi connectivity index (χ4v) is 3.38. The minimum absolute atomic E-state index is 0.635. The number of nitrogens with zero attached hydrogens (tertiary/aromatic N) is 5. The highest BCUT2D eigenvalue weighted by atomic mass is 15.3. The van der Waals surface area contributed by atoms with Gasteiger partial charge < -0.3 is 9.80 Å². The van der Waals surface area contributed by atoms with Crippen LogP contribution in [0, 0.1) is 18.3 Å². The molecular formula is C20H19N5. The van der Waals surface area contributed by atoms with E-state index in [9.17, 15) is 5.26 Å². The van der Waals surface area contributed by atoms with Gasteiger partial charge in [-0.1, -0.05) is 18.2 Å². The Balaban J connectivity index is 1.55. The molecule has 0 radical (unpaired) electrons. The van der Waals surface area contributed by atoms with E-state index in [1.807, 2.05) is 12.1 Å². The Bertz CT molecular complexity index is 952. The van der Waals surface area contributed by atoms with Gasteiger partial charge >= 0.3 is 0 Å². The number of aromatic nitrogens is 2. The lowest BCUT2D eigenvalue weighted by atomic mass is 10.1. The molecule has 1 aromatic carbocycles. The van der Waals surface area contributed by atoms with Crippen molar-refractivity contribution in [2.75, 3.05) is 36.0 Å². The zero-order chi connectivity index (χ0) is 17.2. The van der Waals surface area contributed by atoms with Crippen molar-refractivity contribution < 1.29 is 0 Å². The van der Waals surface area contributed by atoms with Crippen LogP contribution in [0.4, 0.5) is 11.6 Å². The number of rotatable bonds is 2. The molecule has 25 heavy (non-hydrogen) atoms. The van der Waals surface area contributed by atoms with Crippen molar-refractivity contribution in [3.05, 3.63) is 59.8 Å². The van der Waals surface area contributed by atoms with Gasteiger partial charge in [-0.2, -0.15) is 5.26 Å². The van der Waals surface area contributed by atoms with Crippen LogP contribution in [0.2, 0.25) is 0 Å². The summed E-state index contributed by atoms with van der Waals surface area (Å²) in [5, 5.41) is 10.5. The molecule has 5 heteroatoms. The highest BCUT2D eigenvalue weighted by molar-refractivity contribution is 5.83. The Labute approximate surface area is 147 Å². The van der Waals surface area contributed by atoms with Gasteiger partial charge in [0.1, 0.15) is 17.7 Å². The van der Waals surface area contributed by atoms with Gasteiger partial charge in [-0.05, 0) is 36.8 Å². The van der Waals surface area contributed by atoms with Crippen molar-refractivity contribution in [3.63, 3.8) is 0 Å². The molecule has 3 heterocycles. The Hall–Kier alpha value is -3.13. The number of pyridine rings is 2. The summed E-state index contributed by atoms with van der Waals surface area (Å²) in [7, 11) is 0. The van der Waals surface area contributed by atoms with Crippen LogP contribution in [-0.4, -0.2) is 36.1 Å². The van der Waals surface area contributed by atoms with Crippen LogP contribution in [0.5, 0.6) is 0 Å². The molecule has 0 unspecified atom stereocenters. The zero-order valence-electron chi connectivity index (χ0n) is 14.2. The normalized spacial score (nSPS) is 14.6. The topological polar surface area (TPSA) is 56.0 Å². The lowest BCUT2D eigenvalue weighted by Gasteiger charge is -2.36. The van der Waals surface area contributed by atoms with E-state index < -0.39 is 0 Å². The van der Waals surface area contributed by atoms with Gasteiger partial charge in [-0.3, -0.25) is 0 Å². The minimum Gasteiger partial charge on any atom is -0.353 e. The standard InChI is InChI=1S/C20H19N5/c1-15-13-19(23-18-7-3-2-6-17(15)18)24-9-11-25(12-10-24)20-16(14-21)5-4-8-22-20/h2-8,13H,9-12H2,1H3. The van der Waals surface area contributed by atoms with E-state index in [0.717, 1.165) is 43.3 Å². The van der Waals surface area contributed by atoms with Crippen molar-refractivity contribution in [3.8, 4) is 6.07 Å². The van der Waals surface area contributed by atoms with Gasteiger partial charge in [0.15, 0.2) is 0 Å². The van der Waals surface area contributed by atoms with E-state index in [2.05, 4.69) is 52.0 Å². The molecule has 1 saturated heterocycles. The maximum Gasteiger partial charge on any atom is 0.146 e. The molecule has 0 spiro atoms. The summed E-state index contributed by atoms with van der Waals surface area (Å²) in [4.78, 5) is 13.7. The molecule has 2 aromatic heterocycles. The fourth-order valence-electron chi connectivity index (χ4n) is 3.38. The summed E-state index contributed by atoms with van der Waals surface area (Å²) < 4.78 is 0. The van der Waals surface area contributed by atoms with Gasteiger partial charge in [-0.15, -0.1) is 0 Å². The number of aryl methyl sites for hydroxylation is 1. The smallest absolute Gasteiger partial charge is 0.146 e. The number of hydrogen-bond acceptors (Lipinski definition) is 5. The van der Waals surface area contributed by atoms with Gasteiger partial charge in [0.25, 0.3) is 0 Å². The Morgan fingerprint density at radius 1 is 1.00 bits per heavy atom. The van der Waals surface area contributed by atoms with Gasteiger partial charge in [0.2, 0.25) is 0 Å². The summed E-state index contributed by atoms with van der Waals surface area (Å²) in [6.45, 7) is 5.54. The van der Waals surface area contributed by atoms with Crippen LogP contribution < -0.4 is 9.80 Å². The Morgan fingerprint density at radius 2 is 1.76 bits per heavy atom. The summed E-state index contributed by atoms with van der Waals surface area (Å²) in [5.41, 5.74) is 2.92. The summed E-state index contributed by atoms with van der Waals surface area (Å²) in [5.74, 6) is 1.81. The summed E-state index contributed by atoms with van der Waals surface area (Å²) >= 11 is 0. The molecule has 1 fully saturated rings. The first kappa shape index (κ1) is 15.4. The highest BCUT2D eigenvalue weighted by Gasteiger charge is 2.21. The van der Waals surface area contributed by atoms with E-state index in [1.165, 1.54) is 10.9 Å². The van der Waals surface area contributed by atoms with E-state index in [4.69, 9.17) is 4.98 Å².